The summed E-state index contributed by atoms with van der Waals surface area (Å²) in [5.41, 5.74) is 8.03. The van der Waals surface area contributed by atoms with Crippen LogP contribution in [-0.4, -0.2) is 22.8 Å². The molecule has 0 aliphatic heterocycles. The number of methoxy groups -OCH3 is 1. The van der Waals surface area contributed by atoms with Crippen molar-refractivity contribution >= 4 is 28.2 Å². The zero-order chi connectivity index (χ0) is 15.5. The number of nitrogens with two attached hydrogens (primary N) is 1. The Labute approximate surface area is 127 Å². The van der Waals surface area contributed by atoms with E-state index in [1.807, 2.05) is 12.1 Å². The molecule has 3 aromatic rings. The van der Waals surface area contributed by atoms with E-state index in [4.69, 9.17) is 10.5 Å². The number of carbonyl (C=O) groups excluding carboxylic acids is 1. The van der Waals surface area contributed by atoms with Gasteiger partial charge in [-0.05, 0) is 30.3 Å². The number of nitrogens with one attached hydrogen (secondary N) is 1. The first-order valence-corrected chi connectivity index (χ1v) is 6.81. The maximum Gasteiger partial charge on any atom is 0.246 e. The molecule has 0 radical (unpaired) electrons. The average Bonchev–Trinajstić information content (AvgIpc) is 2.92. The smallest absolute Gasteiger partial charge is 0.246 e. The lowest BCUT2D eigenvalue weighted by Gasteiger charge is -2.08. The molecule has 6 nitrogen and oxygen atoms in total. The number of amides is 1. The highest BCUT2D eigenvalue weighted by Gasteiger charge is 2.10. The van der Waals surface area contributed by atoms with E-state index in [0.29, 0.717) is 11.4 Å². The van der Waals surface area contributed by atoms with Gasteiger partial charge in [-0.15, -0.1) is 0 Å². The quantitative estimate of drug-likeness (QED) is 0.724. The molecule has 0 aliphatic carbocycles. The van der Waals surface area contributed by atoms with E-state index in [0.717, 1.165) is 16.7 Å². The maximum absolute atomic E-state index is 12.1. The molecule has 6 heteroatoms. The fourth-order valence-electron chi connectivity index (χ4n) is 2.30. The molecule has 0 saturated carbocycles. The lowest BCUT2D eigenvalue weighted by molar-refractivity contribution is -0.116. The number of hydrogen-bond donors (Lipinski definition) is 2. The van der Waals surface area contributed by atoms with Crippen molar-refractivity contribution in [3.63, 3.8) is 0 Å². The first-order chi connectivity index (χ1) is 10.7. The van der Waals surface area contributed by atoms with Crippen LogP contribution in [0.15, 0.2) is 48.7 Å². The lowest BCUT2D eigenvalue weighted by Crippen LogP contribution is -2.19. The molecule has 3 N–H and O–H groups in total. The van der Waals surface area contributed by atoms with Gasteiger partial charge in [0.25, 0.3) is 0 Å². The summed E-state index contributed by atoms with van der Waals surface area (Å²) in [4.78, 5) is 12.1. The molecule has 3 rings (SSSR count). The molecule has 0 saturated heterocycles. The fraction of sp³-hybridized carbons (Fsp3) is 0.125. The summed E-state index contributed by atoms with van der Waals surface area (Å²) >= 11 is 0. The first kappa shape index (κ1) is 13.9. The predicted octanol–water partition coefficient (Wildman–Crippen LogP) is 2.27. The monoisotopic (exact) mass is 296 g/mol. The Morgan fingerprint density at radius 1 is 1.27 bits per heavy atom. The highest BCUT2D eigenvalue weighted by atomic mass is 16.5. The van der Waals surface area contributed by atoms with Gasteiger partial charge in [-0.1, -0.05) is 12.1 Å². The Morgan fingerprint density at radius 2 is 2.05 bits per heavy atom. The van der Waals surface area contributed by atoms with Crippen LogP contribution >= 0.6 is 0 Å². The number of fused-ring (bicyclic) bond motifs is 1. The van der Waals surface area contributed by atoms with E-state index in [-0.39, 0.29) is 12.5 Å². The van der Waals surface area contributed by atoms with Gasteiger partial charge in [-0.3, -0.25) is 9.48 Å². The van der Waals surface area contributed by atoms with E-state index < -0.39 is 0 Å². The molecule has 0 fully saturated rings. The van der Waals surface area contributed by atoms with Crippen molar-refractivity contribution in [3.8, 4) is 5.75 Å². The Balaban J connectivity index is 1.75. The van der Waals surface area contributed by atoms with Gasteiger partial charge in [0, 0.05) is 11.1 Å². The average molecular weight is 296 g/mol. The summed E-state index contributed by atoms with van der Waals surface area (Å²) in [6.45, 7) is 0.101. The van der Waals surface area contributed by atoms with Gasteiger partial charge in [0.1, 0.15) is 12.3 Å². The molecule has 112 valence electrons. The summed E-state index contributed by atoms with van der Waals surface area (Å²) in [5, 5.41) is 7.95. The molecule has 1 amide bonds. The molecular weight excluding hydrogens is 280 g/mol. The second-order valence-corrected chi connectivity index (χ2v) is 4.86. The van der Waals surface area contributed by atoms with Crippen molar-refractivity contribution in [2.45, 2.75) is 6.54 Å². The number of benzene rings is 2. The number of ether oxygens (including phenoxy) is 1. The second kappa shape index (κ2) is 5.77. The predicted molar refractivity (Wildman–Crippen MR) is 85.8 cm³/mol. The zero-order valence-electron chi connectivity index (χ0n) is 12.1. The van der Waals surface area contributed by atoms with Crippen molar-refractivity contribution < 1.29 is 9.53 Å². The van der Waals surface area contributed by atoms with E-state index in [9.17, 15) is 4.79 Å². The van der Waals surface area contributed by atoms with Crippen LogP contribution in [0.3, 0.4) is 0 Å². The van der Waals surface area contributed by atoms with Gasteiger partial charge in [0.15, 0.2) is 0 Å². The number of carbonyl (C=O) groups is 1. The third kappa shape index (κ3) is 2.71. The van der Waals surface area contributed by atoms with Crippen LogP contribution in [0.4, 0.5) is 11.4 Å². The molecule has 2 aromatic carbocycles. The minimum absolute atomic E-state index is 0.101. The van der Waals surface area contributed by atoms with Crippen molar-refractivity contribution in [3.05, 3.63) is 48.7 Å². The van der Waals surface area contributed by atoms with Crippen molar-refractivity contribution in [1.82, 2.24) is 9.78 Å². The number of rotatable bonds is 4. The van der Waals surface area contributed by atoms with Crippen LogP contribution in [0.5, 0.6) is 5.75 Å². The molecule has 0 atom stereocenters. The normalized spacial score (nSPS) is 10.6. The minimum atomic E-state index is -0.168. The maximum atomic E-state index is 12.1. The standard InChI is InChI=1S/C16H16N4O2/c1-22-13-7-5-12(6-8-13)19-15(21)10-20-16-11(9-18-20)3-2-4-14(16)17/h2-9H,10,17H2,1H3,(H,19,21). The number of aromatic nitrogens is 2. The van der Waals surface area contributed by atoms with E-state index >= 15 is 0 Å². The third-order valence-corrected chi connectivity index (χ3v) is 3.36. The van der Waals surface area contributed by atoms with Crippen LogP contribution in [-0.2, 0) is 11.3 Å². The third-order valence-electron chi connectivity index (χ3n) is 3.36. The molecule has 0 aliphatic rings. The van der Waals surface area contributed by atoms with Gasteiger partial charge in [0.05, 0.1) is 24.5 Å². The topological polar surface area (TPSA) is 82.2 Å². The highest BCUT2D eigenvalue weighted by Crippen LogP contribution is 2.20. The SMILES string of the molecule is COc1ccc(NC(=O)Cn2ncc3cccc(N)c32)cc1. The summed E-state index contributed by atoms with van der Waals surface area (Å²) in [6.07, 6.45) is 1.70. The van der Waals surface area contributed by atoms with Crippen molar-refractivity contribution in [1.29, 1.82) is 0 Å². The van der Waals surface area contributed by atoms with Gasteiger partial charge in [-0.2, -0.15) is 5.10 Å². The van der Waals surface area contributed by atoms with Crippen LogP contribution in [0, 0.1) is 0 Å². The number of anilines is 2. The van der Waals surface area contributed by atoms with Crippen LogP contribution < -0.4 is 15.8 Å². The van der Waals surface area contributed by atoms with Crippen LogP contribution in [0.25, 0.3) is 10.9 Å². The van der Waals surface area contributed by atoms with Crippen molar-refractivity contribution in [2.75, 3.05) is 18.2 Å². The fourth-order valence-corrected chi connectivity index (χ4v) is 2.30. The summed E-state index contributed by atoms with van der Waals surface area (Å²) in [5.74, 6) is 0.572. The number of nitrogens with zero attached hydrogens (tertiary/aromatic N) is 2. The Bertz CT molecular complexity index is 809. The molecule has 1 aromatic heterocycles. The van der Waals surface area contributed by atoms with Gasteiger partial charge in [0.2, 0.25) is 5.91 Å². The Kier molecular flexibility index (Phi) is 3.65. The van der Waals surface area contributed by atoms with Crippen LogP contribution in [0.2, 0.25) is 0 Å². The largest absolute Gasteiger partial charge is 0.497 e. The second-order valence-electron chi connectivity index (χ2n) is 4.86. The number of para-hydroxylation sites is 1. The van der Waals surface area contributed by atoms with E-state index in [1.54, 1.807) is 48.3 Å². The zero-order valence-corrected chi connectivity index (χ0v) is 12.1. The van der Waals surface area contributed by atoms with E-state index in [2.05, 4.69) is 10.4 Å². The molecule has 0 bridgehead atoms. The van der Waals surface area contributed by atoms with Gasteiger partial charge >= 0.3 is 0 Å². The minimum Gasteiger partial charge on any atom is -0.497 e. The molecular formula is C16H16N4O2. The number of nitrogen functional groups attached to an aromatic ring is 1. The Hall–Kier alpha value is -3.02. The summed E-state index contributed by atoms with van der Waals surface area (Å²) < 4.78 is 6.68. The van der Waals surface area contributed by atoms with Gasteiger partial charge in [-0.25, -0.2) is 0 Å². The number of hydrogen-bond acceptors (Lipinski definition) is 4. The first-order valence-electron chi connectivity index (χ1n) is 6.81. The molecule has 22 heavy (non-hydrogen) atoms. The van der Waals surface area contributed by atoms with Gasteiger partial charge < -0.3 is 15.8 Å². The molecule has 0 unspecified atom stereocenters. The summed E-state index contributed by atoms with van der Waals surface area (Å²) in [7, 11) is 1.60. The highest BCUT2D eigenvalue weighted by molar-refractivity contribution is 5.94. The van der Waals surface area contributed by atoms with Crippen molar-refractivity contribution in [2.24, 2.45) is 0 Å². The Morgan fingerprint density at radius 3 is 2.77 bits per heavy atom. The van der Waals surface area contributed by atoms with E-state index in [1.165, 1.54) is 0 Å². The van der Waals surface area contributed by atoms with Crippen LogP contribution in [0.1, 0.15) is 0 Å². The molecule has 1 heterocycles. The molecule has 0 spiro atoms. The lowest BCUT2D eigenvalue weighted by atomic mass is 10.2. The summed E-state index contributed by atoms with van der Waals surface area (Å²) in [6, 6.07) is 12.7.